The molecule has 22 heavy (non-hydrogen) atoms. The highest BCUT2D eigenvalue weighted by Gasteiger charge is 2.34. The van der Waals surface area contributed by atoms with Crippen LogP contribution in [0.3, 0.4) is 0 Å². The first kappa shape index (κ1) is 17.0. The van der Waals surface area contributed by atoms with Crippen LogP contribution in [0, 0.1) is 0 Å². The second-order valence-electron chi connectivity index (χ2n) is 6.82. The van der Waals surface area contributed by atoms with Crippen molar-refractivity contribution in [1.29, 1.82) is 0 Å². The molecule has 0 radical (unpaired) electrons. The molecule has 1 N–H and O–H groups in total. The summed E-state index contributed by atoms with van der Waals surface area (Å²) < 4.78 is 5.40. The maximum Gasteiger partial charge on any atom is 0.414 e. The average Bonchev–Trinajstić information content (AvgIpc) is 2.81. The topological polar surface area (TPSA) is 62.7 Å². The molecule has 0 saturated heterocycles. The lowest BCUT2D eigenvalue weighted by Crippen LogP contribution is -2.36. The van der Waals surface area contributed by atoms with E-state index in [4.69, 9.17) is 16.3 Å². The minimum Gasteiger partial charge on any atom is -0.443 e. The van der Waals surface area contributed by atoms with Crippen LogP contribution in [0.4, 0.5) is 10.5 Å². The molecular weight excluding hydrogens is 304 g/mol. The fraction of sp³-hybridized carbons (Fsp3) is 0.625. The molecule has 0 spiro atoms. The summed E-state index contributed by atoms with van der Waals surface area (Å²) in [7, 11) is 0. The van der Waals surface area contributed by atoms with Gasteiger partial charge < -0.3 is 9.84 Å². The minimum atomic E-state index is -1.03. The van der Waals surface area contributed by atoms with E-state index >= 15 is 0 Å². The van der Waals surface area contributed by atoms with Crippen LogP contribution in [0.15, 0.2) is 6.07 Å². The number of carbonyl (C=O) groups is 1. The van der Waals surface area contributed by atoms with Crippen molar-refractivity contribution < 1.29 is 14.6 Å². The van der Waals surface area contributed by atoms with E-state index in [0.717, 1.165) is 5.56 Å². The summed E-state index contributed by atoms with van der Waals surface area (Å²) in [4.78, 5) is 18.1. The first-order chi connectivity index (χ1) is 10.0. The molecule has 1 aromatic rings. The normalized spacial score (nSPS) is 17.1. The molecule has 0 aliphatic carbocycles. The summed E-state index contributed by atoms with van der Waals surface area (Å²) >= 11 is 6.28. The summed E-state index contributed by atoms with van der Waals surface area (Å²) in [6.45, 7) is 9.56. The summed E-state index contributed by atoms with van der Waals surface area (Å²) in [6.07, 6.45) is 0.777. The Labute approximate surface area is 136 Å². The molecule has 0 fully saturated rings. The number of pyridine rings is 1. The smallest absolute Gasteiger partial charge is 0.414 e. The van der Waals surface area contributed by atoms with Gasteiger partial charge in [0.05, 0.1) is 11.4 Å². The van der Waals surface area contributed by atoms with E-state index in [2.05, 4.69) is 4.98 Å². The van der Waals surface area contributed by atoms with Crippen molar-refractivity contribution in [2.75, 3.05) is 11.4 Å². The van der Waals surface area contributed by atoms with Gasteiger partial charge in [-0.3, -0.25) is 4.90 Å². The summed E-state index contributed by atoms with van der Waals surface area (Å²) in [6, 6.07) is 1.83. The molecule has 2 heterocycles. The molecule has 1 amide bonds. The Bertz CT molecular complexity index is 594. The Morgan fingerprint density at radius 2 is 2.09 bits per heavy atom. The van der Waals surface area contributed by atoms with Gasteiger partial charge in [-0.2, -0.15) is 0 Å². The number of ether oxygens (including phenoxy) is 1. The van der Waals surface area contributed by atoms with Crippen LogP contribution in [0.1, 0.15) is 52.3 Å². The van der Waals surface area contributed by atoms with Crippen LogP contribution in [-0.4, -0.2) is 28.3 Å². The summed E-state index contributed by atoms with van der Waals surface area (Å²) in [5.74, 6) is 0. The lowest BCUT2D eigenvalue weighted by atomic mass is 9.97. The van der Waals surface area contributed by atoms with Crippen LogP contribution >= 0.6 is 11.6 Å². The van der Waals surface area contributed by atoms with Crippen molar-refractivity contribution in [2.45, 2.75) is 58.7 Å². The zero-order valence-electron chi connectivity index (χ0n) is 13.7. The van der Waals surface area contributed by atoms with Gasteiger partial charge in [0, 0.05) is 6.54 Å². The van der Waals surface area contributed by atoms with Crippen molar-refractivity contribution in [2.24, 2.45) is 0 Å². The number of hydrogen-bond acceptors (Lipinski definition) is 4. The quantitative estimate of drug-likeness (QED) is 0.843. The number of hydrogen-bond donors (Lipinski definition) is 1. The highest BCUT2D eigenvalue weighted by Crippen LogP contribution is 2.38. The molecule has 1 atom stereocenters. The van der Waals surface area contributed by atoms with Crippen molar-refractivity contribution in [1.82, 2.24) is 4.98 Å². The Hall–Kier alpha value is -1.33. The number of aromatic nitrogens is 1. The average molecular weight is 327 g/mol. The van der Waals surface area contributed by atoms with Crippen molar-refractivity contribution in [3.8, 4) is 0 Å². The number of amides is 1. The standard InChI is InChI=1S/C16H23ClN2O3/c1-6-16(5,21)11-9-10-7-8-19(12(10)13(17)18-11)14(20)22-15(2,3)4/h9,21H,6-8H2,1-5H3. The van der Waals surface area contributed by atoms with E-state index in [9.17, 15) is 9.90 Å². The third-order valence-corrected chi connectivity index (χ3v) is 4.02. The third-order valence-electron chi connectivity index (χ3n) is 3.76. The van der Waals surface area contributed by atoms with Gasteiger partial charge in [0.25, 0.3) is 0 Å². The fourth-order valence-corrected chi connectivity index (χ4v) is 2.65. The lowest BCUT2D eigenvalue weighted by molar-refractivity contribution is 0.0485. The van der Waals surface area contributed by atoms with Crippen LogP contribution in [-0.2, 0) is 16.8 Å². The Kier molecular flexibility index (Phi) is 4.42. The van der Waals surface area contributed by atoms with Crippen LogP contribution < -0.4 is 4.90 Å². The van der Waals surface area contributed by atoms with E-state index in [-0.39, 0.29) is 5.15 Å². The molecule has 0 bridgehead atoms. The largest absolute Gasteiger partial charge is 0.443 e. The van der Waals surface area contributed by atoms with Gasteiger partial charge >= 0.3 is 6.09 Å². The molecule has 0 aromatic carbocycles. The number of anilines is 1. The fourth-order valence-electron chi connectivity index (χ4n) is 2.33. The predicted octanol–water partition coefficient (Wildman–Crippen LogP) is 3.65. The highest BCUT2D eigenvalue weighted by molar-refractivity contribution is 6.32. The Balaban J connectivity index is 2.35. The number of fused-ring (bicyclic) bond motifs is 1. The van der Waals surface area contributed by atoms with E-state index in [1.54, 1.807) is 6.92 Å². The molecule has 0 saturated carbocycles. The zero-order valence-corrected chi connectivity index (χ0v) is 14.5. The van der Waals surface area contributed by atoms with Gasteiger partial charge in [0.15, 0.2) is 5.15 Å². The second-order valence-corrected chi connectivity index (χ2v) is 7.17. The SMILES string of the molecule is CCC(C)(O)c1cc2c(c(Cl)n1)N(C(=O)OC(C)(C)C)CC2. The van der Waals surface area contributed by atoms with E-state index in [1.807, 2.05) is 33.8 Å². The number of halogens is 1. The van der Waals surface area contributed by atoms with Gasteiger partial charge in [-0.1, -0.05) is 18.5 Å². The van der Waals surface area contributed by atoms with Crippen molar-refractivity contribution in [3.63, 3.8) is 0 Å². The predicted molar refractivity (Wildman–Crippen MR) is 86.4 cm³/mol. The van der Waals surface area contributed by atoms with E-state index in [1.165, 1.54) is 4.90 Å². The molecule has 1 unspecified atom stereocenters. The molecule has 1 aliphatic heterocycles. The third kappa shape index (κ3) is 3.36. The van der Waals surface area contributed by atoms with Gasteiger partial charge in [-0.15, -0.1) is 0 Å². The number of aliphatic hydroxyl groups is 1. The lowest BCUT2D eigenvalue weighted by Gasteiger charge is -2.26. The van der Waals surface area contributed by atoms with Crippen molar-refractivity contribution in [3.05, 3.63) is 22.5 Å². The maximum absolute atomic E-state index is 12.3. The Morgan fingerprint density at radius 1 is 1.45 bits per heavy atom. The molecule has 1 aliphatic rings. The maximum atomic E-state index is 12.3. The first-order valence-electron chi connectivity index (χ1n) is 7.48. The van der Waals surface area contributed by atoms with E-state index in [0.29, 0.717) is 30.8 Å². The minimum absolute atomic E-state index is 0.226. The molecule has 122 valence electrons. The summed E-state index contributed by atoms with van der Waals surface area (Å²) in [5.41, 5.74) is 0.440. The van der Waals surface area contributed by atoms with E-state index < -0.39 is 17.3 Å². The number of nitrogens with zero attached hydrogens (tertiary/aromatic N) is 2. The zero-order chi connectivity index (χ0) is 16.7. The molecule has 1 aromatic heterocycles. The van der Waals surface area contributed by atoms with Crippen LogP contribution in [0.5, 0.6) is 0 Å². The molecule has 5 nitrogen and oxygen atoms in total. The van der Waals surface area contributed by atoms with Gasteiger partial charge in [0.2, 0.25) is 0 Å². The molecular formula is C16H23ClN2O3. The highest BCUT2D eigenvalue weighted by atomic mass is 35.5. The van der Waals surface area contributed by atoms with Gasteiger partial charge in [0.1, 0.15) is 11.2 Å². The van der Waals surface area contributed by atoms with Gasteiger partial charge in [-0.25, -0.2) is 9.78 Å². The van der Waals surface area contributed by atoms with Gasteiger partial charge in [-0.05, 0) is 52.2 Å². The molecule has 6 heteroatoms. The monoisotopic (exact) mass is 326 g/mol. The first-order valence-corrected chi connectivity index (χ1v) is 7.86. The second kappa shape index (κ2) is 5.70. The van der Waals surface area contributed by atoms with Crippen LogP contribution in [0.25, 0.3) is 0 Å². The van der Waals surface area contributed by atoms with Crippen molar-refractivity contribution >= 4 is 23.4 Å². The number of carbonyl (C=O) groups excluding carboxylic acids is 1. The summed E-state index contributed by atoms with van der Waals surface area (Å²) in [5, 5.41) is 10.6. The van der Waals surface area contributed by atoms with Crippen LogP contribution in [0.2, 0.25) is 5.15 Å². The molecule has 2 rings (SSSR count). The Morgan fingerprint density at radius 3 is 2.64 bits per heavy atom. The number of rotatable bonds is 2.